The standard InChI is InChI=1S/C13H13Cl2N3O/c14-10-5-11(18-12(10)15)13(19)17-7-9-4-2-1-3-8(9)6-16/h1-5,18H,6-7,16H2,(H,17,19). The number of aromatic nitrogens is 1. The molecule has 0 aliphatic rings. The van der Waals surface area contributed by atoms with E-state index in [-0.39, 0.29) is 11.1 Å². The van der Waals surface area contributed by atoms with E-state index in [1.54, 1.807) is 0 Å². The maximum atomic E-state index is 11.9. The molecule has 6 heteroatoms. The van der Waals surface area contributed by atoms with E-state index in [2.05, 4.69) is 10.3 Å². The van der Waals surface area contributed by atoms with Crippen molar-refractivity contribution in [2.45, 2.75) is 13.1 Å². The Morgan fingerprint density at radius 3 is 2.53 bits per heavy atom. The van der Waals surface area contributed by atoms with Gasteiger partial charge >= 0.3 is 0 Å². The van der Waals surface area contributed by atoms with Gasteiger partial charge in [-0.2, -0.15) is 0 Å². The second-order valence-electron chi connectivity index (χ2n) is 4.00. The van der Waals surface area contributed by atoms with Crippen molar-refractivity contribution < 1.29 is 4.79 Å². The van der Waals surface area contributed by atoms with E-state index in [0.29, 0.717) is 23.8 Å². The number of carbonyl (C=O) groups excluding carboxylic acids is 1. The van der Waals surface area contributed by atoms with Gasteiger partial charge in [-0.05, 0) is 17.2 Å². The van der Waals surface area contributed by atoms with Gasteiger partial charge in [-0.15, -0.1) is 0 Å². The van der Waals surface area contributed by atoms with Gasteiger partial charge in [0.05, 0.1) is 5.02 Å². The van der Waals surface area contributed by atoms with E-state index in [9.17, 15) is 4.79 Å². The highest BCUT2D eigenvalue weighted by atomic mass is 35.5. The summed E-state index contributed by atoms with van der Waals surface area (Å²) in [7, 11) is 0. The summed E-state index contributed by atoms with van der Waals surface area (Å²) in [5.41, 5.74) is 7.96. The van der Waals surface area contributed by atoms with Crippen LogP contribution < -0.4 is 11.1 Å². The quantitative estimate of drug-likeness (QED) is 0.812. The third kappa shape index (κ3) is 3.29. The van der Waals surface area contributed by atoms with Crippen LogP contribution >= 0.6 is 23.2 Å². The molecular weight excluding hydrogens is 285 g/mol. The first-order valence-corrected chi connectivity index (χ1v) is 6.46. The molecule has 2 rings (SSSR count). The number of hydrogen-bond donors (Lipinski definition) is 3. The molecule has 0 aliphatic carbocycles. The van der Waals surface area contributed by atoms with Gasteiger partial charge < -0.3 is 16.0 Å². The molecule has 0 atom stereocenters. The molecule has 0 spiro atoms. The maximum absolute atomic E-state index is 11.9. The molecule has 100 valence electrons. The number of rotatable bonds is 4. The number of amides is 1. The van der Waals surface area contributed by atoms with Crippen molar-refractivity contribution in [3.05, 3.63) is 57.3 Å². The van der Waals surface area contributed by atoms with Crippen molar-refractivity contribution in [3.63, 3.8) is 0 Å². The molecule has 19 heavy (non-hydrogen) atoms. The fraction of sp³-hybridized carbons (Fsp3) is 0.154. The van der Waals surface area contributed by atoms with Crippen molar-refractivity contribution in [1.29, 1.82) is 0 Å². The van der Waals surface area contributed by atoms with Crippen molar-refractivity contribution in [1.82, 2.24) is 10.3 Å². The van der Waals surface area contributed by atoms with Crippen LogP contribution in [0, 0.1) is 0 Å². The Balaban J connectivity index is 2.04. The van der Waals surface area contributed by atoms with Crippen LogP contribution in [-0.4, -0.2) is 10.9 Å². The molecule has 4 N–H and O–H groups in total. The maximum Gasteiger partial charge on any atom is 0.268 e. The van der Waals surface area contributed by atoms with Crippen molar-refractivity contribution in [2.24, 2.45) is 5.73 Å². The number of hydrogen-bond acceptors (Lipinski definition) is 2. The van der Waals surface area contributed by atoms with Gasteiger partial charge in [0.2, 0.25) is 0 Å². The van der Waals surface area contributed by atoms with Gasteiger partial charge in [0, 0.05) is 13.1 Å². The van der Waals surface area contributed by atoms with Gasteiger partial charge in [0.15, 0.2) is 0 Å². The van der Waals surface area contributed by atoms with Gasteiger partial charge in [-0.25, -0.2) is 0 Å². The molecule has 1 amide bonds. The predicted octanol–water partition coefficient (Wildman–Crippen LogP) is 2.71. The average Bonchev–Trinajstić information content (AvgIpc) is 2.76. The summed E-state index contributed by atoms with van der Waals surface area (Å²) in [4.78, 5) is 14.6. The zero-order valence-corrected chi connectivity index (χ0v) is 11.6. The molecule has 2 aromatic rings. The molecule has 0 saturated heterocycles. The van der Waals surface area contributed by atoms with E-state index in [1.807, 2.05) is 24.3 Å². The molecule has 0 bridgehead atoms. The first kappa shape index (κ1) is 13.9. The molecule has 0 fully saturated rings. The molecule has 0 unspecified atom stereocenters. The summed E-state index contributed by atoms with van der Waals surface area (Å²) >= 11 is 11.5. The summed E-state index contributed by atoms with van der Waals surface area (Å²) in [6, 6.07) is 9.18. The van der Waals surface area contributed by atoms with E-state index in [0.717, 1.165) is 11.1 Å². The molecule has 1 aromatic carbocycles. The second-order valence-corrected chi connectivity index (χ2v) is 4.79. The fourth-order valence-electron chi connectivity index (χ4n) is 1.73. The number of carbonyl (C=O) groups is 1. The minimum Gasteiger partial charge on any atom is -0.347 e. The molecule has 4 nitrogen and oxygen atoms in total. The second kappa shape index (κ2) is 6.10. The Morgan fingerprint density at radius 2 is 1.95 bits per heavy atom. The van der Waals surface area contributed by atoms with Crippen molar-refractivity contribution in [2.75, 3.05) is 0 Å². The lowest BCUT2D eigenvalue weighted by molar-refractivity contribution is 0.0946. The Morgan fingerprint density at radius 1 is 1.26 bits per heavy atom. The zero-order chi connectivity index (χ0) is 13.8. The number of nitrogens with one attached hydrogen (secondary N) is 2. The lowest BCUT2D eigenvalue weighted by Crippen LogP contribution is -2.24. The molecular formula is C13H13Cl2N3O. The Labute approximate surface area is 120 Å². The van der Waals surface area contributed by atoms with Crippen LogP contribution in [0.4, 0.5) is 0 Å². The number of nitrogens with two attached hydrogens (primary N) is 1. The van der Waals surface area contributed by atoms with Crippen molar-refractivity contribution >= 4 is 29.1 Å². The third-order valence-electron chi connectivity index (χ3n) is 2.75. The molecule has 1 aromatic heterocycles. The van der Waals surface area contributed by atoms with Crippen LogP contribution in [0.2, 0.25) is 10.2 Å². The third-order valence-corrected chi connectivity index (χ3v) is 3.44. The Hall–Kier alpha value is -1.49. The van der Waals surface area contributed by atoms with E-state index in [4.69, 9.17) is 28.9 Å². The van der Waals surface area contributed by atoms with Crippen LogP contribution in [0.1, 0.15) is 21.6 Å². The van der Waals surface area contributed by atoms with Crippen LogP contribution in [0.5, 0.6) is 0 Å². The minimum absolute atomic E-state index is 0.258. The minimum atomic E-state index is -0.263. The van der Waals surface area contributed by atoms with E-state index in [1.165, 1.54) is 6.07 Å². The highest BCUT2D eigenvalue weighted by Gasteiger charge is 2.11. The topological polar surface area (TPSA) is 70.9 Å². The summed E-state index contributed by atoms with van der Waals surface area (Å²) in [5.74, 6) is -0.263. The number of halogens is 2. The first-order chi connectivity index (χ1) is 9.11. The highest BCUT2D eigenvalue weighted by molar-refractivity contribution is 6.41. The monoisotopic (exact) mass is 297 g/mol. The van der Waals surface area contributed by atoms with Gasteiger partial charge in [-0.1, -0.05) is 47.5 Å². The molecule has 0 saturated carbocycles. The molecule has 1 heterocycles. The Kier molecular flexibility index (Phi) is 4.47. The number of H-pyrrole nitrogens is 1. The summed E-state index contributed by atoms with van der Waals surface area (Å²) in [5, 5.41) is 3.37. The number of aromatic amines is 1. The first-order valence-electron chi connectivity index (χ1n) is 5.71. The largest absolute Gasteiger partial charge is 0.347 e. The van der Waals surface area contributed by atoms with Gasteiger partial charge in [0.25, 0.3) is 5.91 Å². The zero-order valence-electron chi connectivity index (χ0n) is 10.0. The van der Waals surface area contributed by atoms with Gasteiger partial charge in [-0.3, -0.25) is 4.79 Å². The predicted molar refractivity (Wildman–Crippen MR) is 76.3 cm³/mol. The Bertz CT molecular complexity index is 576. The lowest BCUT2D eigenvalue weighted by Gasteiger charge is -2.08. The van der Waals surface area contributed by atoms with Crippen LogP contribution in [0.3, 0.4) is 0 Å². The fourth-order valence-corrected chi connectivity index (χ4v) is 2.04. The summed E-state index contributed by atoms with van der Waals surface area (Å²) < 4.78 is 0. The van der Waals surface area contributed by atoms with E-state index < -0.39 is 0 Å². The van der Waals surface area contributed by atoms with Gasteiger partial charge in [0.1, 0.15) is 10.8 Å². The van der Waals surface area contributed by atoms with Crippen LogP contribution in [0.15, 0.2) is 30.3 Å². The van der Waals surface area contributed by atoms with E-state index >= 15 is 0 Å². The number of benzene rings is 1. The molecule has 0 radical (unpaired) electrons. The average molecular weight is 298 g/mol. The smallest absolute Gasteiger partial charge is 0.268 e. The van der Waals surface area contributed by atoms with Crippen LogP contribution in [-0.2, 0) is 13.1 Å². The molecule has 0 aliphatic heterocycles. The van der Waals surface area contributed by atoms with Crippen LogP contribution in [0.25, 0.3) is 0 Å². The summed E-state index contributed by atoms with van der Waals surface area (Å²) in [6.45, 7) is 0.840. The lowest BCUT2D eigenvalue weighted by atomic mass is 10.1. The SMILES string of the molecule is NCc1ccccc1CNC(=O)c1cc(Cl)c(Cl)[nH]1. The summed E-state index contributed by atoms with van der Waals surface area (Å²) in [6.07, 6.45) is 0. The normalized spacial score (nSPS) is 10.5. The van der Waals surface area contributed by atoms with Crippen molar-refractivity contribution in [3.8, 4) is 0 Å². The highest BCUT2D eigenvalue weighted by Crippen LogP contribution is 2.21.